The molecule has 0 saturated heterocycles. The first-order valence-electron chi connectivity index (χ1n) is 8.35. The highest BCUT2D eigenvalue weighted by atomic mass is 32.2. The van der Waals surface area contributed by atoms with Crippen LogP contribution in [-0.2, 0) is 23.0 Å². The summed E-state index contributed by atoms with van der Waals surface area (Å²) in [5, 5.41) is 0. The van der Waals surface area contributed by atoms with E-state index in [4.69, 9.17) is 0 Å². The van der Waals surface area contributed by atoms with E-state index in [9.17, 15) is 13.2 Å². The van der Waals surface area contributed by atoms with Crippen molar-refractivity contribution in [1.29, 1.82) is 0 Å². The minimum atomic E-state index is -3.54. The molecule has 1 aliphatic rings. The van der Waals surface area contributed by atoms with E-state index in [2.05, 4.69) is 4.72 Å². The van der Waals surface area contributed by atoms with Gasteiger partial charge in [0.1, 0.15) is 0 Å². The maximum absolute atomic E-state index is 12.6. The van der Waals surface area contributed by atoms with E-state index in [0.29, 0.717) is 18.7 Å². The maximum atomic E-state index is 12.6. The van der Waals surface area contributed by atoms with Gasteiger partial charge in [0.05, 0.1) is 4.90 Å². The molecule has 6 heteroatoms. The molecular weight excluding hydrogens is 336 g/mol. The Labute approximate surface area is 148 Å². The Morgan fingerprint density at radius 3 is 2.48 bits per heavy atom. The van der Waals surface area contributed by atoms with Gasteiger partial charge in [-0.05, 0) is 55.7 Å². The summed E-state index contributed by atoms with van der Waals surface area (Å²) in [6.45, 7) is 4.64. The number of nitrogens with one attached hydrogen (secondary N) is 1. The van der Waals surface area contributed by atoms with Gasteiger partial charge in [-0.2, -0.15) is 0 Å². The van der Waals surface area contributed by atoms with E-state index in [1.807, 2.05) is 24.3 Å². The summed E-state index contributed by atoms with van der Waals surface area (Å²) in [5.41, 5.74) is 2.64. The molecule has 1 N–H and O–H groups in total. The van der Waals surface area contributed by atoms with Gasteiger partial charge in [0.15, 0.2) is 0 Å². The molecule has 132 valence electrons. The van der Waals surface area contributed by atoms with Crippen LogP contribution >= 0.6 is 0 Å². The molecule has 0 bridgehead atoms. The molecule has 3 rings (SSSR count). The zero-order valence-corrected chi connectivity index (χ0v) is 15.2. The van der Waals surface area contributed by atoms with E-state index in [1.165, 1.54) is 0 Å². The van der Waals surface area contributed by atoms with Crippen molar-refractivity contribution in [1.82, 2.24) is 9.62 Å². The van der Waals surface area contributed by atoms with Crippen molar-refractivity contribution in [2.24, 2.45) is 0 Å². The third kappa shape index (κ3) is 3.91. The zero-order chi connectivity index (χ0) is 18.0. The van der Waals surface area contributed by atoms with Crippen molar-refractivity contribution < 1.29 is 13.2 Å². The van der Waals surface area contributed by atoms with Crippen LogP contribution in [-0.4, -0.2) is 31.8 Å². The first-order valence-corrected chi connectivity index (χ1v) is 9.83. The lowest BCUT2D eigenvalue weighted by Crippen LogP contribution is -2.36. The molecule has 0 unspecified atom stereocenters. The standard InChI is InChI=1S/C19H22N2O3S/c1-14(2)20-25(23,24)18-9-8-15-10-11-21(13-17(15)12-18)19(22)16-6-4-3-5-7-16/h3-9,12,14,20H,10-11,13H2,1-2H3. The molecule has 0 fully saturated rings. The van der Waals surface area contributed by atoms with Gasteiger partial charge in [-0.25, -0.2) is 13.1 Å². The minimum Gasteiger partial charge on any atom is -0.334 e. The fourth-order valence-corrected chi connectivity index (χ4v) is 4.32. The highest BCUT2D eigenvalue weighted by Gasteiger charge is 2.24. The molecule has 2 aromatic rings. The average Bonchev–Trinajstić information content (AvgIpc) is 2.60. The minimum absolute atomic E-state index is 0.0279. The predicted molar refractivity (Wildman–Crippen MR) is 96.8 cm³/mol. The SMILES string of the molecule is CC(C)NS(=O)(=O)c1ccc2c(c1)CN(C(=O)c1ccccc1)CC2. The van der Waals surface area contributed by atoms with E-state index in [0.717, 1.165) is 17.5 Å². The summed E-state index contributed by atoms with van der Waals surface area (Å²) in [5.74, 6) is -0.0279. The lowest BCUT2D eigenvalue weighted by atomic mass is 9.99. The Kier molecular flexibility index (Phi) is 4.92. The summed E-state index contributed by atoms with van der Waals surface area (Å²) in [4.78, 5) is 14.6. The molecule has 0 radical (unpaired) electrons. The van der Waals surface area contributed by atoms with Gasteiger partial charge in [0, 0.05) is 24.7 Å². The van der Waals surface area contributed by atoms with E-state index < -0.39 is 10.0 Å². The smallest absolute Gasteiger partial charge is 0.254 e. The third-order valence-electron chi connectivity index (χ3n) is 4.20. The van der Waals surface area contributed by atoms with Crippen molar-refractivity contribution in [3.63, 3.8) is 0 Å². The first kappa shape index (κ1) is 17.6. The summed E-state index contributed by atoms with van der Waals surface area (Å²) < 4.78 is 27.3. The summed E-state index contributed by atoms with van der Waals surface area (Å²) in [6, 6.07) is 14.2. The maximum Gasteiger partial charge on any atom is 0.254 e. The number of carbonyl (C=O) groups is 1. The Hall–Kier alpha value is -2.18. The largest absolute Gasteiger partial charge is 0.334 e. The molecule has 0 aliphatic carbocycles. The Balaban J connectivity index is 1.85. The van der Waals surface area contributed by atoms with Crippen LogP contribution < -0.4 is 4.72 Å². The average molecular weight is 358 g/mol. The molecule has 0 aromatic heterocycles. The van der Waals surface area contributed by atoms with E-state index in [-0.39, 0.29) is 16.8 Å². The van der Waals surface area contributed by atoms with Crippen LogP contribution in [0.5, 0.6) is 0 Å². The van der Waals surface area contributed by atoms with Crippen molar-refractivity contribution in [3.8, 4) is 0 Å². The molecular formula is C19H22N2O3S. The Morgan fingerprint density at radius 2 is 1.80 bits per heavy atom. The molecule has 1 heterocycles. The molecule has 0 atom stereocenters. The second kappa shape index (κ2) is 6.98. The van der Waals surface area contributed by atoms with Crippen molar-refractivity contribution in [3.05, 3.63) is 65.2 Å². The summed E-state index contributed by atoms with van der Waals surface area (Å²) >= 11 is 0. The van der Waals surface area contributed by atoms with Crippen molar-refractivity contribution >= 4 is 15.9 Å². The predicted octanol–water partition coefficient (Wildman–Crippen LogP) is 2.57. The number of rotatable bonds is 4. The van der Waals surface area contributed by atoms with Crippen LogP contribution in [0, 0.1) is 0 Å². The van der Waals surface area contributed by atoms with Crippen LogP contribution in [0.25, 0.3) is 0 Å². The van der Waals surface area contributed by atoms with Gasteiger partial charge in [-0.15, -0.1) is 0 Å². The van der Waals surface area contributed by atoms with E-state index in [1.54, 1.807) is 43.0 Å². The fourth-order valence-electron chi connectivity index (χ4n) is 3.02. The zero-order valence-electron chi connectivity index (χ0n) is 14.4. The molecule has 2 aromatic carbocycles. The second-order valence-electron chi connectivity index (χ2n) is 6.55. The topological polar surface area (TPSA) is 66.5 Å². The van der Waals surface area contributed by atoms with Crippen molar-refractivity contribution in [2.45, 2.75) is 37.8 Å². The van der Waals surface area contributed by atoms with Gasteiger partial charge < -0.3 is 4.90 Å². The lowest BCUT2D eigenvalue weighted by molar-refractivity contribution is 0.0734. The van der Waals surface area contributed by atoms with Crippen LogP contribution in [0.15, 0.2) is 53.4 Å². The number of hydrogen-bond donors (Lipinski definition) is 1. The number of benzene rings is 2. The number of nitrogens with zero attached hydrogens (tertiary/aromatic N) is 1. The molecule has 5 nitrogen and oxygen atoms in total. The second-order valence-corrected chi connectivity index (χ2v) is 8.26. The normalized spacial score (nSPS) is 14.4. The van der Waals surface area contributed by atoms with Gasteiger partial charge in [-0.3, -0.25) is 4.79 Å². The fraction of sp³-hybridized carbons (Fsp3) is 0.316. The van der Waals surface area contributed by atoms with Crippen LogP contribution in [0.2, 0.25) is 0 Å². The first-order chi connectivity index (χ1) is 11.9. The molecule has 0 spiro atoms. The Morgan fingerprint density at radius 1 is 1.08 bits per heavy atom. The highest BCUT2D eigenvalue weighted by molar-refractivity contribution is 7.89. The molecule has 1 aliphatic heterocycles. The number of fused-ring (bicyclic) bond motifs is 1. The monoisotopic (exact) mass is 358 g/mol. The molecule has 25 heavy (non-hydrogen) atoms. The van der Waals surface area contributed by atoms with E-state index >= 15 is 0 Å². The van der Waals surface area contributed by atoms with Crippen LogP contribution in [0.1, 0.15) is 35.3 Å². The molecule has 1 amide bonds. The summed E-state index contributed by atoms with van der Waals surface area (Å²) in [7, 11) is -3.54. The van der Waals surface area contributed by atoms with Crippen molar-refractivity contribution in [2.75, 3.05) is 6.54 Å². The number of sulfonamides is 1. The quantitative estimate of drug-likeness (QED) is 0.913. The van der Waals surface area contributed by atoms with Crippen LogP contribution in [0.3, 0.4) is 0 Å². The molecule has 0 saturated carbocycles. The number of hydrogen-bond acceptors (Lipinski definition) is 3. The number of amides is 1. The van der Waals surface area contributed by atoms with Gasteiger partial charge in [0.2, 0.25) is 10.0 Å². The van der Waals surface area contributed by atoms with Gasteiger partial charge in [-0.1, -0.05) is 24.3 Å². The van der Waals surface area contributed by atoms with Gasteiger partial charge in [0.25, 0.3) is 5.91 Å². The van der Waals surface area contributed by atoms with Crippen LogP contribution in [0.4, 0.5) is 0 Å². The Bertz CT molecular complexity index is 877. The highest BCUT2D eigenvalue weighted by Crippen LogP contribution is 2.24. The van der Waals surface area contributed by atoms with Gasteiger partial charge >= 0.3 is 0 Å². The summed E-state index contributed by atoms with van der Waals surface area (Å²) in [6.07, 6.45) is 0.728. The third-order valence-corrected chi connectivity index (χ3v) is 5.86. The number of carbonyl (C=O) groups excluding carboxylic acids is 1. The lowest BCUT2D eigenvalue weighted by Gasteiger charge is -2.29.